The third-order valence-corrected chi connectivity index (χ3v) is 10.4. The molecule has 0 spiro atoms. The zero-order chi connectivity index (χ0) is 29.6. The van der Waals surface area contributed by atoms with Crippen molar-refractivity contribution >= 4 is 103 Å². The van der Waals surface area contributed by atoms with Crippen LogP contribution < -0.4 is 4.90 Å². The number of aliphatic imine (C=N–C) groups is 1. The van der Waals surface area contributed by atoms with Crippen LogP contribution in [0, 0.1) is 0 Å². The molecule has 2 aromatic carbocycles. The second-order valence-electron chi connectivity index (χ2n) is 9.53. The second-order valence-corrected chi connectivity index (χ2v) is 13.5. The number of fused-ring (bicyclic) bond motifs is 2. The molecule has 0 N–H and O–H groups in total. The first-order chi connectivity index (χ1) is 21.1. The van der Waals surface area contributed by atoms with Crippen molar-refractivity contribution in [3.05, 3.63) is 65.0 Å². The van der Waals surface area contributed by atoms with E-state index in [1.165, 1.54) is 58.1 Å². The van der Waals surface area contributed by atoms with E-state index >= 15 is 0 Å². The van der Waals surface area contributed by atoms with E-state index < -0.39 is 0 Å². The molecule has 0 aliphatic heterocycles. The molecule has 0 aliphatic rings. The highest BCUT2D eigenvalue weighted by Gasteiger charge is 2.11. The third-order valence-electron chi connectivity index (χ3n) is 6.59. The van der Waals surface area contributed by atoms with Crippen LogP contribution in [0.4, 0.5) is 32.5 Å². The van der Waals surface area contributed by atoms with Crippen molar-refractivity contribution in [2.24, 2.45) is 25.4 Å². The molecule has 0 atom stereocenters. The summed E-state index contributed by atoms with van der Waals surface area (Å²) in [5.74, 6) is 0. The van der Waals surface area contributed by atoms with E-state index in [-0.39, 0.29) is 0 Å². The Kier molecular flexibility index (Phi) is 9.32. The van der Waals surface area contributed by atoms with Gasteiger partial charge in [-0.1, -0.05) is 59.5 Å². The summed E-state index contributed by atoms with van der Waals surface area (Å²) in [6.45, 7) is 8.46. The Hall–Kier alpha value is -3.78. The summed E-state index contributed by atoms with van der Waals surface area (Å²) in [7, 11) is 0. The van der Waals surface area contributed by atoms with E-state index in [0.717, 1.165) is 55.0 Å². The van der Waals surface area contributed by atoms with E-state index in [1.807, 2.05) is 30.5 Å². The fraction of sp³-hybridized carbons (Fsp3) is 0.267. The number of aromatic nitrogens is 3. The van der Waals surface area contributed by atoms with Gasteiger partial charge in [0.2, 0.25) is 15.4 Å². The first-order valence-corrected chi connectivity index (χ1v) is 17.4. The summed E-state index contributed by atoms with van der Waals surface area (Å²) < 4.78 is 1.06. The van der Waals surface area contributed by atoms with Crippen molar-refractivity contribution < 1.29 is 0 Å². The van der Waals surface area contributed by atoms with Crippen LogP contribution in [0.1, 0.15) is 44.1 Å². The average molecular weight is 644 g/mol. The monoisotopic (exact) mass is 643 g/mol. The van der Waals surface area contributed by atoms with Gasteiger partial charge in [0.25, 0.3) is 0 Å². The van der Waals surface area contributed by atoms with Gasteiger partial charge in [-0.2, -0.15) is 0 Å². The lowest BCUT2D eigenvalue weighted by atomic mass is 10.1. The number of thiophene rings is 1. The normalized spacial score (nSPS) is 12.3. The summed E-state index contributed by atoms with van der Waals surface area (Å²) in [6.07, 6.45) is 5.31. The Morgan fingerprint density at radius 2 is 1.28 bits per heavy atom. The second kappa shape index (κ2) is 13.7. The fourth-order valence-corrected chi connectivity index (χ4v) is 7.93. The van der Waals surface area contributed by atoms with Crippen LogP contribution in [0.5, 0.6) is 0 Å². The van der Waals surface area contributed by atoms with Gasteiger partial charge >= 0.3 is 0 Å². The molecule has 13 heteroatoms. The summed E-state index contributed by atoms with van der Waals surface area (Å²) in [4.78, 5) is 24.2. The van der Waals surface area contributed by atoms with Crippen LogP contribution in [-0.4, -0.2) is 34.3 Å². The molecule has 4 heterocycles. The lowest BCUT2D eigenvalue weighted by molar-refractivity contribution is 0.795. The number of azo groups is 2. The van der Waals surface area contributed by atoms with Crippen LogP contribution in [-0.2, 0) is 6.42 Å². The molecule has 6 aromatic rings. The number of hydrogen-bond acceptors (Lipinski definition) is 13. The zero-order valence-corrected chi connectivity index (χ0v) is 27.2. The molecule has 4 aromatic heterocycles. The number of unbranched alkanes of at least 4 members (excludes halogenated alkanes) is 1. The molecule has 0 bridgehead atoms. The summed E-state index contributed by atoms with van der Waals surface area (Å²) in [5.41, 5.74) is 4.14. The number of thiazole rings is 3. The molecule has 43 heavy (non-hydrogen) atoms. The van der Waals surface area contributed by atoms with Crippen LogP contribution >= 0.6 is 45.3 Å². The number of nitrogens with zero attached hydrogens (tertiary/aromatic N) is 9. The van der Waals surface area contributed by atoms with Crippen molar-refractivity contribution in [3.8, 4) is 0 Å². The molecule has 0 saturated carbocycles. The predicted octanol–water partition coefficient (Wildman–Crippen LogP) is 11.2. The van der Waals surface area contributed by atoms with Crippen LogP contribution in [0.25, 0.3) is 19.2 Å². The molecule has 218 valence electrons. The van der Waals surface area contributed by atoms with Gasteiger partial charge in [-0.05, 0) is 74.7 Å². The van der Waals surface area contributed by atoms with Gasteiger partial charge in [-0.15, -0.1) is 31.8 Å². The topological polar surface area (TPSA) is 104 Å². The van der Waals surface area contributed by atoms with Crippen molar-refractivity contribution in [2.45, 2.75) is 40.0 Å². The Morgan fingerprint density at radius 1 is 0.674 bits per heavy atom. The Morgan fingerprint density at radius 3 is 1.93 bits per heavy atom. The maximum Gasteiger partial charge on any atom is 0.233 e. The summed E-state index contributed by atoms with van der Waals surface area (Å²) in [6, 6.07) is 18.4. The van der Waals surface area contributed by atoms with Gasteiger partial charge in [0.05, 0.1) is 16.1 Å². The molecule has 0 radical (unpaired) electrons. The third kappa shape index (κ3) is 7.24. The molecular formula is C30H29N9S4. The van der Waals surface area contributed by atoms with Gasteiger partial charge in [-0.3, -0.25) is 0 Å². The molecule has 0 saturated heterocycles. The Bertz CT molecular complexity index is 1830. The molecule has 9 nitrogen and oxygen atoms in total. The highest BCUT2D eigenvalue weighted by atomic mass is 32.1. The minimum absolute atomic E-state index is 0.591. The Balaban J connectivity index is 1.06. The van der Waals surface area contributed by atoms with Crippen molar-refractivity contribution in [1.29, 1.82) is 0 Å². The van der Waals surface area contributed by atoms with Crippen molar-refractivity contribution in [3.63, 3.8) is 0 Å². The number of aryl methyl sites for hydroxylation is 1. The van der Waals surface area contributed by atoms with Gasteiger partial charge in [0.15, 0.2) is 9.66 Å². The molecule has 0 aliphatic carbocycles. The maximum absolute atomic E-state index is 4.63. The quantitative estimate of drug-likeness (QED) is 0.0977. The van der Waals surface area contributed by atoms with Crippen LogP contribution in [0.3, 0.4) is 0 Å². The fourth-order valence-electron chi connectivity index (χ4n) is 4.32. The smallest absolute Gasteiger partial charge is 0.233 e. The maximum atomic E-state index is 4.63. The van der Waals surface area contributed by atoms with Crippen molar-refractivity contribution in [1.82, 2.24) is 15.0 Å². The highest BCUT2D eigenvalue weighted by molar-refractivity contribution is 7.30. The SMILES string of the molecule is CCCCc1ccc(N=Nc2nc3sc(N=Cc4cc5sc(N=Nc6ccc(N(CC)CC)cc6)nc5s4)nc3s2)cc1. The predicted molar refractivity (Wildman–Crippen MR) is 183 cm³/mol. The van der Waals surface area contributed by atoms with Crippen molar-refractivity contribution in [2.75, 3.05) is 18.0 Å². The van der Waals surface area contributed by atoms with E-state index in [4.69, 9.17) is 0 Å². The van der Waals surface area contributed by atoms with E-state index in [1.54, 1.807) is 11.3 Å². The number of rotatable bonds is 12. The first-order valence-electron chi connectivity index (χ1n) is 14.1. The molecule has 0 unspecified atom stereocenters. The van der Waals surface area contributed by atoms with E-state index in [2.05, 4.69) is 96.4 Å². The van der Waals surface area contributed by atoms with Gasteiger partial charge in [0, 0.05) is 29.9 Å². The highest BCUT2D eigenvalue weighted by Crippen LogP contribution is 2.37. The Labute approximate surface area is 265 Å². The van der Waals surface area contributed by atoms with E-state index in [9.17, 15) is 0 Å². The van der Waals surface area contributed by atoms with Gasteiger partial charge in [-0.25, -0.2) is 19.9 Å². The summed E-state index contributed by atoms with van der Waals surface area (Å²) in [5, 5.41) is 19.3. The summed E-state index contributed by atoms with van der Waals surface area (Å²) >= 11 is 5.94. The lowest BCUT2D eigenvalue weighted by Gasteiger charge is -2.20. The molecular weight excluding hydrogens is 615 g/mol. The van der Waals surface area contributed by atoms with Gasteiger partial charge in [0.1, 0.15) is 4.83 Å². The van der Waals surface area contributed by atoms with E-state index in [0.29, 0.717) is 15.4 Å². The minimum atomic E-state index is 0.591. The molecule has 0 fully saturated rings. The van der Waals surface area contributed by atoms with Crippen LogP contribution in [0.15, 0.2) is 80.0 Å². The minimum Gasteiger partial charge on any atom is -0.372 e. The number of hydrogen-bond donors (Lipinski definition) is 0. The zero-order valence-electron chi connectivity index (χ0n) is 24.0. The lowest BCUT2D eigenvalue weighted by Crippen LogP contribution is -2.21. The number of benzene rings is 2. The van der Waals surface area contributed by atoms with Crippen LogP contribution in [0.2, 0.25) is 0 Å². The molecule has 6 rings (SSSR count). The first kappa shape index (κ1) is 29.3. The largest absolute Gasteiger partial charge is 0.372 e. The number of anilines is 1. The average Bonchev–Trinajstić information content (AvgIpc) is 3.78. The molecule has 0 amide bonds. The van der Waals surface area contributed by atoms with Gasteiger partial charge < -0.3 is 4.90 Å². The standard InChI is InChI=1S/C30H29N9S4/c1-4-7-8-19-9-11-20(12-10-19)35-38-30-34-27-26(43-30)33-28(42-27)31-18-23-17-24-25(40-23)32-29(41-24)37-36-21-13-15-22(16-14-21)39(5-2)6-3/h9-18H,4-8H2,1-3H3.